The largest absolute Gasteiger partial charge is 0.315 e. The van der Waals surface area contributed by atoms with Gasteiger partial charge in [0.2, 0.25) is 0 Å². The van der Waals surface area contributed by atoms with Crippen molar-refractivity contribution in [3.05, 3.63) is 47.3 Å². The molecule has 5 nitrogen and oxygen atoms in total. The van der Waals surface area contributed by atoms with E-state index >= 15 is 0 Å². The predicted molar refractivity (Wildman–Crippen MR) is 75.4 cm³/mol. The van der Waals surface area contributed by atoms with Crippen molar-refractivity contribution in [2.24, 2.45) is 0 Å². The Morgan fingerprint density at radius 3 is 3.05 bits per heavy atom. The van der Waals surface area contributed by atoms with Crippen LogP contribution in [0.4, 0.5) is 4.39 Å². The summed E-state index contributed by atoms with van der Waals surface area (Å²) in [5.74, 6) is 0.572. The maximum Gasteiger partial charge on any atom is 0.164 e. The molecule has 21 heavy (non-hydrogen) atoms. The number of aromatic nitrogens is 3. The van der Waals surface area contributed by atoms with Crippen molar-refractivity contribution in [3.8, 4) is 0 Å². The Balaban J connectivity index is 1.58. The summed E-state index contributed by atoms with van der Waals surface area (Å²) in [5, 5.41) is 7.93. The molecule has 0 unspecified atom stereocenters. The van der Waals surface area contributed by atoms with Crippen LogP contribution < -0.4 is 0 Å². The van der Waals surface area contributed by atoms with Crippen LogP contribution in [0.5, 0.6) is 0 Å². The quantitative estimate of drug-likeness (QED) is 0.805. The maximum atomic E-state index is 13.5. The number of hydrogen-bond acceptors (Lipinski definition) is 4. The standard InChI is InChI=1S/C15H17FN4O/c1-11-2-3-12(8-13(11)16)14(21)4-5-19-6-7-20-10-17-18-15(20)9-19/h2-3,8,10H,4-7,9H2,1H3. The highest BCUT2D eigenvalue weighted by atomic mass is 19.1. The third kappa shape index (κ3) is 3.00. The number of Topliss-reactive ketones (excluding diaryl/α,β-unsaturated/α-hetero) is 1. The van der Waals surface area contributed by atoms with E-state index in [1.54, 1.807) is 25.4 Å². The Kier molecular flexibility index (Phi) is 3.79. The molecule has 1 aromatic carbocycles. The first-order valence-electron chi connectivity index (χ1n) is 7.02. The fourth-order valence-electron chi connectivity index (χ4n) is 2.48. The van der Waals surface area contributed by atoms with Crippen LogP contribution in [0.25, 0.3) is 0 Å². The first-order valence-corrected chi connectivity index (χ1v) is 7.02. The van der Waals surface area contributed by atoms with Crippen LogP contribution in [0.1, 0.15) is 28.2 Å². The van der Waals surface area contributed by atoms with Crippen molar-refractivity contribution in [1.29, 1.82) is 0 Å². The zero-order valence-corrected chi connectivity index (χ0v) is 11.9. The highest BCUT2D eigenvalue weighted by molar-refractivity contribution is 5.96. The van der Waals surface area contributed by atoms with E-state index in [2.05, 4.69) is 15.1 Å². The molecule has 0 bridgehead atoms. The molecule has 0 saturated carbocycles. The lowest BCUT2D eigenvalue weighted by molar-refractivity contribution is 0.0955. The molecule has 0 radical (unpaired) electrons. The summed E-state index contributed by atoms with van der Waals surface area (Å²) in [6.45, 7) is 4.76. The van der Waals surface area contributed by atoms with E-state index in [0.717, 1.165) is 18.9 Å². The topological polar surface area (TPSA) is 51.0 Å². The minimum absolute atomic E-state index is 0.0269. The molecule has 1 aliphatic heterocycles. The molecular weight excluding hydrogens is 271 g/mol. The molecular formula is C15H17FN4O. The van der Waals surface area contributed by atoms with Crippen LogP contribution in [-0.2, 0) is 13.1 Å². The molecule has 0 spiro atoms. The number of fused-ring (bicyclic) bond motifs is 1. The van der Waals surface area contributed by atoms with Gasteiger partial charge in [0, 0.05) is 31.6 Å². The first-order chi connectivity index (χ1) is 10.1. The Labute approximate surface area is 122 Å². The summed E-state index contributed by atoms with van der Waals surface area (Å²) in [7, 11) is 0. The molecule has 0 aliphatic carbocycles. The molecule has 2 aromatic rings. The normalized spacial score (nSPS) is 15.0. The zero-order chi connectivity index (χ0) is 14.8. The second-order valence-corrected chi connectivity index (χ2v) is 5.35. The van der Waals surface area contributed by atoms with Crippen LogP contribution in [0.3, 0.4) is 0 Å². The number of hydrogen-bond donors (Lipinski definition) is 0. The van der Waals surface area contributed by atoms with Gasteiger partial charge in [-0.15, -0.1) is 10.2 Å². The van der Waals surface area contributed by atoms with Gasteiger partial charge >= 0.3 is 0 Å². The molecule has 1 aromatic heterocycles. The van der Waals surface area contributed by atoms with Crippen molar-refractivity contribution in [3.63, 3.8) is 0 Å². The van der Waals surface area contributed by atoms with Gasteiger partial charge in [-0.1, -0.05) is 12.1 Å². The summed E-state index contributed by atoms with van der Waals surface area (Å²) in [4.78, 5) is 14.3. The molecule has 0 atom stereocenters. The second kappa shape index (κ2) is 5.73. The fourth-order valence-corrected chi connectivity index (χ4v) is 2.48. The van der Waals surface area contributed by atoms with Gasteiger partial charge in [0.25, 0.3) is 0 Å². The van der Waals surface area contributed by atoms with Gasteiger partial charge in [0.1, 0.15) is 18.0 Å². The molecule has 3 rings (SSSR count). The SMILES string of the molecule is Cc1ccc(C(=O)CCN2CCn3cnnc3C2)cc1F. The maximum absolute atomic E-state index is 13.5. The fraction of sp³-hybridized carbons (Fsp3) is 0.400. The summed E-state index contributed by atoms with van der Waals surface area (Å²) >= 11 is 0. The average Bonchev–Trinajstić information content (AvgIpc) is 2.95. The third-order valence-corrected chi connectivity index (χ3v) is 3.87. The summed E-state index contributed by atoms with van der Waals surface area (Å²) in [6.07, 6.45) is 2.11. The second-order valence-electron chi connectivity index (χ2n) is 5.35. The lowest BCUT2D eigenvalue weighted by Crippen LogP contribution is -2.35. The lowest BCUT2D eigenvalue weighted by Gasteiger charge is -2.26. The Hall–Kier alpha value is -2.08. The van der Waals surface area contributed by atoms with Gasteiger partial charge in [-0.05, 0) is 18.6 Å². The number of aryl methyl sites for hydroxylation is 1. The number of ketones is 1. The highest BCUT2D eigenvalue weighted by Crippen LogP contribution is 2.13. The van der Waals surface area contributed by atoms with Gasteiger partial charge in [-0.2, -0.15) is 0 Å². The number of halogens is 1. The number of carbonyl (C=O) groups excluding carboxylic acids is 1. The number of rotatable bonds is 4. The third-order valence-electron chi connectivity index (χ3n) is 3.87. The van der Waals surface area contributed by atoms with E-state index in [1.807, 2.05) is 4.57 Å². The molecule has 0 fully saturated rings. The monoisotopic (exact) mass is 288 g/mol. The van der Waals surface area contributed by atoms with E-state index in [4.69, 9.17) is 0 Å². The first kappa shape index (κ1) is 13.9. The molecule has 0 N–H and O–H groups in total. The average molecular weight is 288 g/mol. The Bertz CT molecular complexity index is 667. The van der Waals surface area contributed by atoms with Crippen molar-refractivity contribution in [1.82, 2.24) is 19.7 Å². The van der Waals surface area contributed by atoms with Gasteiger partial charge in [-0.3, -0.25) is 9.69 Å². The van der Waals surface area contributed by atoms with Crippen molar-refractivity contribution >= 4 is 5.78 Å². The van der Waals surface area contributed by atoms with E-state index in [-0.39, 0.29) is 11.6 Å². The van der Waals surface area contributed by atoms with E-state index < -0.39 is 0 Å². The highest BCUT2D eigenvalue weighted by Gasteiger charge is 2.18. The van der Waals surface area contributed by atoms with Gasteiger partial charge in [0.05, 0.1) is 6.54 Å². The van der Waals surface area contributed by atoms with Crippen LogP contribution in [-0.4, -0.2) is 38.5 Å². The van der Waals surface area contributed by atoms with Crippen molar-refractivity contribution in [2.75, 3.05) is 13.1 Å². The molecule has 110 valence electrons. The zero-order valence-electron chi connectivity index (χ0n) is 11.9. The van der Waals surface area contributed by atoms with Crippen LogP contribution in [0.15, 0.2) is 24.5 Å². The van der Waals surface area contributed by atoms with Crippen LogP contribution in [0, 0.1) is 12.7 Å². The van der Waals surface area contributed by atoms with E-state index in [0.29, 0.717) is 30.6 Å². The molecule has 6 heteroatoms. The minimum Gasteiger partial charge on any atom is -0.315 e. The van der Waals surface area contributed by atoms with Crippen LogP contribution >= 0.6 is 0 Å². The van der Waals surface area contributed by atoms with E-state index in [1.165, 1.54) is 6.07 Å². The Morgan fingerprint density at radius 2 is 2.24 bits per heavy atom. The molecule has 0 amide bonds. The summed E-state index contributed by atoms with van der Waals surface area (Å²) in [6, 6.07) is 4.66. The minimum atomic E-state index is -0.327. The number of benzene rings is 1. The summed E-state index contributed by atoms with van der Waals surface area (Å²) < 4.78 is 15.5. The van der Waals surface area contributed by atoms with Gasteiger partial charge < -0.3 is 4.57 Å². The lowest BCUT2D eigenvalue weighted by atomic mass is 10.1. The van der Waals surface area contributed by atoms with Gasteiger partial charge in [-0.25, -0.2) is 4.39 Å². The van der Waals surface area contributed by atoms with E-state index in [9.17, 15) is 9.18 Å². The Morgan fingerprint density at radius 1 is 1.38 bits per heavy atom. The van der Waals surface area contributed by atoms with Crippen LogP contribution in [0.2, 0.25) is 0 Å². The van der Waals surface area contributed by atoms with Crippen molar-refractivity contribution < 1.29 is 9.18 Å². The molecule has 0 saturated heterocycles. The van der Waals surface area contributed by atoms with Gasteiger partial charge in [0.15, 0.2) is 5.78 Å². The molecule has 1 aliphatic rings. The molecule has 2 heterocycles. The smallest absolute Gasteiger partial charge is 0.164 e. The summed E-state index contributed by atoms with van der Waals surface area (Å²) in [5.41, 5.74) is 1.00. The number of nitrogens with zero attached hydrogens (tertiary/aromatic N) is 4. The number of carbonyl (C=O) groups is 1. The van der Waals surface area contributed by atoms with Crippen molar-refractivity contribution in [2.45, 2.75) is 26.4 Å². The predicted octanol–water partition coefficient (Wildman–Crippen LogP) is 1.81.